The fourth-order valence-electron chi connectivity index (χ4n) is 1.27. The average molecular weight is 514 g/mol. The third-order valence-corrected chi connectivity index (χ3v) is 5.18. The fraction of sp³-hybridized carbons (Fsp3) is 0.667. The number of rotatable bonds is 7. The van der Waals surface area contributed by atoms with Crippen LogP contribution in [0.1, 0.15) is 26.5 Å². The summed E-state index contributed by atoms with van der Waals surface area (Å²) in [5.41, 5.74) is 0.399. The molecule has 1 rings (SSSR count). The Morgan fingerprint density at radius 1 is 1.32 bits per heavy atom. The molecule has 1 aromatic rings. The zero-order valence-corrected chi connectivity index (χ0v) is 15.9. The molecule has 10 heteroatoms. The first-order valence-electron chi connectivity index (χ1n) is 6.65. The zero-order chi connectivity index (χ0) is 16.1. The molecule has 0 aromatic carbocycles. The largest absolute Gasteiger partial charge is 1.00 e. The predicted octanol–water partition coefficient (Wildman–Crippen LogP) is 1.44. The predicted molar refractivity (Wildman–Crippen MR) is 79.6 cm³/mol. The van der Waals surface area contributed by atoms with Crippen LogP contribution in [0.4, 0.5) is 4.79 Å². The first-order chi connectivity index (χ1) is 10.0. The van der Waals surface area contributed by atoms with Gasteiger partial charge in [-0.15, -0.1) is 13.1 Å². The topological polar surface area (TPSA) is 117 Å². The maximum absolute atomic E-state index is 10.8. The average Bonchev–Trinajstić information content (AvgIpc) is 2.99. The van der Waals surface area contributed by atoms with Crippen LogP contribution in [0.15, 0.2) is 0 Å². The van der Waals surface area contributed by atoms with Gasteiger partial charge >= 0.3 is 34.4 Å². The SMILES string of the molecule is CCP(CC)CC.O=C(O)CNC(=O)OCc1[c-]nn[nH]1.[Au+]. The molecule has 0 aliphatic heterocycles. The van der Waals surface area contributed by atoms with E-state index in [1.807, 2.05) is 5.32 Å². The molecule has 0 unspecified atom stereocenters. The molecular weight excluding hydrogens is 492 g/mol. The molecule has 1 heterocycles. The van der Waals surface area contributed by atoms with Gasteiger partial charge in [0.15, 0.2) is 0 Å². The third-order valence-electron chi connectivity index (χ3n) is 2.49. The van der Waals surface area contributed by atoms with E-state index in [4.69, 9.17) is 5.11 Å². The number of aromatic nitrogens is 3. The number of hydrogen-bond acceptors (Lipinski definition) is 5. The Hall–Kier alpha value is -0.950. The molecule has 22 heavy (non-hydrogen) atoms. The molecule has 0 radical (unpaired) electrons. The summed E-state index contributed by atoms with van der Waals surface area (Å²) in [7, 11) is 0.446. The number of carbonyl (C=O) groups excluding carboxylic acids is 1. The number of H-pyrrole nitrogens is 1. The van der Waals surface area contributed by atoms with Gasteiger partial charge in [0, 0.05) is 0 Å². The van der Waals surface area contributed by atoms with Gasteiger partial charge in [0.05, 0.1) is 0 Å². The summed E-state index contributed by atoms with van der Waals surface area (Å²) in [4.78, 5) is 20.8. The van der Waals surface area contributed by atoms with E-state index in [0.29, 0.717) is 13.6 Å². The number of ether oxygens (including phenoxy) is 1. The first-order valence-corrected chi connectivity index (χ1v) is 8.55. The van der Waals surface area contributed by atoms with E-state index in [2.05, 4.69) is 47.1 Å². The molecule has 0 saturated carbocycles. The van der Waals surface area contributed by atoms with Crippen molar-refractivity contribution in [1.29, 1.82) is 0 Å². The van der Waals surface area contributed by atoms with E-state index in [9.17, 15) is 9.59 Å². The van der Waals surface area contributed by atoms with Gasteiger partial charge in [-0.2, -0.15) is 0 Å². The van der Waals surface area contributed by atoms with Crippen molar-refractivity contribution in [2.45, 2.75) is 27.4 Å². The van der Waals surface area contributed by atoms with Crippen molar-refractivity contribution in [3.63, 3.8) is 0 Å². The summed E-state index contributed by atoms with van der Waals surface area (Å²) in [5.74, 6) is -1.14. The van der Waals surface area contributed by atoms with Crippen LogP contribution in [0.3, 0.4) is 0 Å². The van der Waals surface area contributed by atoms with Gasteiger partial charge in [-0.25, -0.2) is 4.79 Å². The van der Waals surface area contributed by atoms with Crippen LogP contribution in [0.2, 0.25) is 0 Å². The number of alkyl carbamates (subject to hydrolysis) is 1. The van der Waals surface area contributed by atoms with Gasteiger partial charge in [-0.3, -0.25) is 9.89 Å². The van der Waals surface area contributed by atoms with E-state index in [-0.39, 0.29) is 29.0 Å². The van der Waals surface area contributed by atoms with E-state index in [1.165, 1.54) is 18.5 Å². The number of aliphatic carboxylic acids is 1. The van der Waals surface area contributed by atoms with E-state index < -0.39 is 18.6 Å². The molecule has 0 saturated heterocycles. The molecule has 1 aromatic heterocycles. The Labute approximate surface area is 147 Å². The minimum absolute atomic E-state index is 0. The molecule has 1 amide bonds. The van der Waals surface area contributed by atoms with Crippen LogP contribution in [-0.4, -0.2) is 57.6 Å². The van der Waals surface area contributed by atoms with Crippen LogP contribution in [0, 0.1) is 6.20 Å². The number of nitrogens with one attached hydrogen (secondary N) is 2. The quantitative estimate of drug-likeness (QED) is 0.288. The summed E-state index contributed by atoms with van der Waals surface area (Å²) in [5, 5.41) is 19.3. The van der Waals surface area contributed by atoms with Crippen LogP contribution in [-0.2, 0) is 38.5 Å². The number of amides is 1. The van der Waals surface area contributed by atoms with Crippen molar-refractivity contribution < 1.29 is 41.8 Å². The molecular formula is C12H22AuN4O4P. The van der Waals surface area contributed by atoms with Crippen molar-refractivity contribution in [3.05, 3.63) is 11.9 Å². The van der Waals surface area contributed by atoms with Crippen molar-refractivity contribution in [2.24, 2.45) is 0 Å². The summed E-state index contributed by atoms with van der Waals surface area (Å²) in [6, 6.07) is 0. The fourth-order valence-corrected chi connectivity index (χ4v) is 2.61. The molecule has 130 valence electrons. The number of nitrogens with zero attached hydrogens (tertiary/aromatic N) is 2. The standard InChI is InChI=1S/C6H7N4O4.C6H15P.Au/c11-5(12)2-7-6(13)14-3-4-1-8-10-9-4;1-4-7(5-2)6-3;/h2-3H2,(H,7,13)(H,11,12)(H,8,9,10);4-6H2,1-3H3;/q-1;;+1. The van der Waals surface area contributed by atoms with Gasteiger partial charge in [0.2, 0.25) is 0 Å². The second-order valence-corrected chi connectivity index (χ2v) is 7.08. The molecule has 0 bridgehead atoms. The van der Waals surface area contributed by atoms with Crippen molar-refractivity contribution in [3.8, 4) is 0 Å². The Kier molecular flexibility index (Phi) is 15.9. The van der Waals surface area contributed by atoms with E-state index in [0.717, 1.165) is 0 Å². The van der Waals surface area contributed by atoms with E-state index in [1.54, 1.807) is 0 Å². The first kappa shape index (κ1) is 23.3. The van der Waals surface area contributed by atoms with Crippen LogP contribution in [0.5, 0.6) is 0 Å². The monoisotopic (exact) mass is 514 g/mol. The van der Waals surface area contributed by atoms with Gasteiger partial charge in [-0.05, 0) is 18.5 Å². The van der Waals surface area contributed by atoms with Crippen molar-refractivity contribution in [2.75, 3.05) is 25.0 Å². The van der Waals surface area contributed by atoms with Crippen LogP contribution >= 0.6 is 7.92 Å². The third kappa shape index (κ3) is 12.8. The van der Waals surface area contributed by atoms with Gasteiger partial charge in [0.1, 0.15) is 13.2 Å². The number of hydrogen-bond donors (Lipinski definition) is 3. The molecule has 0 spiro atoms. The number of aromatic amines is 1. The Morgan fingerprint density at radius 3 is 2.27 bits per heavy atom. The summed E-state index contributed by atoms with van der Waals surface area (Å²) >= 11 is 0. The summed E-state index contributed by atoms with van der Waals surface area (Å²) < 4.78 is 4.58. The van der Waals surface area contributed by atoms with Crippen LogP contribution in [0.25, 0.3) is 0 Å². The van der Waals surface area contributed by atoms with Gasteiger partial charge in [0.25, 0.3) is 0 Å². The van der Waals surface area contributed by atoms with Crippen LogP contribution < -0.4 is 5.32 Å². The molecule has 0 aliphatic carbocycles. The zero-order valence-electron chi connectivity index (χ0n) is 12.9. The normalized spacial score (nSPS) is 9.27. The van der Waals surface area contributed by atoms with Gasteiger partial charge in [-0.1, -0.05) is 26.5 Å². The van der Waals surface area contributed by atoms with E-state index >= 15 is 0 Å². The summed E-state index contributed by atoms with van der Waals surface area (Å²) in [6.07, 6.45) is 5.85. The van der Waals surface area contributed by atoms with Gasteiger partial charge < -0.3 is 26.5 Å². The maximum atomic E-state index is 10.8. The molecule has 3 N–H and O–H groups in total. The maximum Gasteiger partial charge on any atom is 1.00 e. The number of carbonyl (C=O) groups is 2. The Morgan fingerprint density at radius 2 is 1.91 bits per heavy atom. The Balaban J connectivity index is 0. The minimum Gasteiger partial charge on any atom is -0.480 e. The second-order valence-electron chi connectivity index (χ2n) is 3.85. The summed E-state index contributed by atoms with van der Waals surface area (Å²) in [6.45, 7) is 6.30. The molecule has 0 atom stereocenters. The smallest absolute Gasteiger partial charge is 0.480 e. The second kappa shape index (κ2) is 15.0. The van der Waals surface area contributed by atoms with Crippen molar-refractivity contribution >= 4 is 20.0 Å². The molecule has 8 nitrogen and oxygen atoms in total. The number of carboxylic acid groups (broad SMARTS) is 1. The Bertz CT molecular complexity index is 396. The minimum atomic E-state index is -1.14. The number of carboxylic acids is 1. The van der Waals surface area contributed by atoms with Crippen molar-refractivity contribution in [1.82, 2.24) is 20.7 Å². The molecule has 0 fully saturated rings. The molecule has 0 aliphatic rings.